The Morgan fingerprint density at radius 2 is 2.05 bits per heavy atom. The minimum absolute atomic E-state index is 0.00478. The summed E-state index contributed by atoms with van der Waals surface area (Å²) >= 11 is 1.51. The van der Waals surface area contributed by atoms with Crippen LogP contribution in [0.1, 0.15) is 42.2 Å². The maximum atomic E-state index is 11.9. The quantitative estimate of drug-likeness (QED) is 0.917. The summed E-state index contributed by atoms with van der Waals surface area (Å²) in [6.07, 6.45) is 4.92. The van der Waals surface area contributed by atoms with Gasteiger partial charge in [-0.3, -0.25) is 4.79 Å². The lowest BCUT2D eigenvalue weighted by atomic mass is 9.86. The van der Waals surface area contributed by atoms with E-state index in [1.54, 1.807) is 0 Å². The molecule has 1 aromatic heterocycles. The van der Waals surface area contributed by atoms with E-state index >= 15 is 0 Å². The molecule has 5 heteroatoms. The fourth-order valence-electron chi connectivity index (χ4n) is 2.19. The predicted octanol–water partition coefficient (Wildman–Crippen LogP) is 3.38. The van der Waals surface area contributed by atoms with Gasteiger partial charge in [0.25, 0.3) is 0 Å². The van der Waals surface area contributed by atoms with Crippen molar-refractivity contribution in [2.24, 2.45) is 0 Å². The van der Waals surface area contributed by atoms with Gasteiger partial charge in [-0.1, -0.05) is 48.1 Å². The van der Waals surface area contributed by atoms with E-state index in [0.29, 0.717) is 17.5 Å². The number of carbonyl (C=O) groups is 1. The van der Waals surface area contributed by atoms with Crippen LogP contribution in [0.5, 0.6) is 0 Å². The molecule has 0 radical (unpaired) electrons. The molecule has 0 spiro atoms. The predicted molar refractivity (Wildman–Crippen MR) is 79.9 cm³/mol. The van der Waals surface area contributed by atoms with Crippen LogP contribution in [0.2, 0.25) is 0 Å². The van der Waals surface area contributed by atoms with E-state index in [9.17, 15) is 4.79 Å². The Morgan fingerprint density at radius 1 is 1.25 bits per heavy atom. The Bertz CT molecular complexity index is 578. The van der Waals surface area contributed by atoms with Crippen LogP contribution in [0.15, 0.2) is 30.3 Å². The first-order valence-electron chi connectivity index (χ1n) is 6.98. The van der Waals surface area contributed by atoms with Crippen molar-refractivity contribution in [2.75, 3.05) is 5.32 Å². The highest BCUT2D eigenvalue weighted by molar-refractivity contribution is 7.15. The van der Waals surface area contributed by atoms with E-state index in [1.807, 2.05) is 30.3 Å². The molecule has 0 unspecified atom stereocenters. The molecule has 3 rings (SSSR count). The highest BCUT2D eigenvalue weighted by atomic mass is 32.1. The van der Waals surface area contributed by atoms with Gasteiger partial charge in [-0.25, -0.2) is 0 Å². The lowest BCUT2D eigenvalue weighted by Gasteiger charge is -2.21. The Morgan fingerprint density at radius 3 is 2.75 bits per heavy atom. The average molecular weight is 287 g/mol. The highest BCUT2D eigenvalue weighted by Crippen LogP contribution is 2.38. The average Bonchev–Trinajstić information content (AvgIpc) is 2.84. The van der Waals surface area contributed by atoms with E-state index in [2.05, 4.69) is 15.5 Å². The van der Waals surface area contributed by atoms with Crippen molar-refractivity contribution < 1.29 is 4.79 Å². The lowest BCUT2D eigenvalue weighted by Crippen LogP contribution is -2.12. The molecule has 0 aliphatic heterocycles. The zero-order valence-electron chi connectivity index (χ0n) is 11.2. The van der Waals surface area contributed by atoms with Crippen LogP contribution in [0.3, 0.4) is 0 Å². The van der Waals surface area contributed by atoms with Gasteiger partial charge in [0.05, 0.1) is 0 Å². The molecule has 104 valence electrons. The summed E-state index contributed by atoms with van der Waals surface area (Å²) in [6, 6.07) is 10.0. The molecule has 1 aliphatic carbocycles. The molecular weight excluding hydrogens is 270 g/mol. The number of hydrogen-bond donors (Lipinski definition) is 1. The molecule has 0 atom stereocenters. The number of nitrogens with zero attached hydrogens (tertiary/aromatic N) is 2. The summed E-state index contributed by atoms with van der Waals surface area (Å²) in [6.45, 7) is 0. The monoisotopic (exact) mass is 287 g/mol. The van der Waals surface area contributed by atoms with Crippen molar-refractivity contribution in [3.8, 4) is 0 Å². The molecule has 1 saturated carbocycles. The summed E-state index contributed by atoms with van der Waals surface area (Å²) < 4.78 is 0. The number of rotatable bonds is 5. The van der Waals surface area contributed by atoms with Gasteiger partial charge in [0, 0.05) is 12.3 Å². The van der Waals surface area contributed by atoms with Gasteiger partial charge >= 0.3 is 0 Å². The first-order chi connectivity index (χ1) is 9.81. The number of nitrogens with one attached hydrogen (secondary N) is 1. The van der Waals surface area contributed by atoms with Crippen LogP contribution in [-0.4, -0.2) is 16.1 Å². The third-order valence-corrected chi connectivity index (χ3v) is 4.63. The Kier molecular flexibility index (Phi) is 4.06. The van der Waals surface area contributed by atoms with Crippen molar-refractivity contribution in [3.05, 3.63) is 40.9 Å². The summed E-state index contributed by atoms with van der Waals surface area (Å²) in [5.41, 5.74) is 1.18. The normalized spacial score (nSPS) is 14.8. The summed E-state index contributed by atoms with van der Waals surface area (Å²) in [7, 11) is 0. The second kappa shape index (κ2) is 6.13. The van der Waals surface area contributed by atoms with E-state index in [-0.39, 0.29) is 5.91 Å². The molecule has 1 aliphatic rings. The highest BCUT2D eigenvalue weighted by Gasteiger charge is 2.23. The summed E-state index contributed by atoms with van der Waals surface area (Å²) in [5, 5.41) is 12.7. The SMILES string of the molecule is O=C(CCc1ccccc1)Nc1nnc(C2CCC2)s1. The van der Waals surface area contributed by atoms with Crippen LogP contribution in [0.4, 0.5) is 5.13 Å². The number of amides is 1. The molecule has 1 fully saturated rings. The largest absolute Gasteiger partial charge is 0.301 e. The van der Waals surface area contributed by atoms with Gasteiger partial charge in [0.1, 0.15) is 5.01 Å². The zero-order chi connectivity index (χ0) is 13.8. The molecule has 20 heavy (non-hydrogen) atoms. The second-order valence-electron chi connectivity index (χ2n) is 5.11. The van der Waals surface area contributed by atoms with Crippen LogP contribution >= 0.6 is 11.3 Å². The first-order valence-corrected chi connectivity index (χ1v) is 7.80. The molecule has 1 aromatic carbocycles. The standard InChI is InChI=1S/C15H17N3OS/c19-13(10-9-11-5-2-1-3-6-11)16-15-18-17-14(20-15)12-7-4-8-12/h1-3,5-6,12H,4,7-10H2,(H,16,18,19). The maximum Gasteiger partial charge on any atom is 0.226 e. The minimum Gasteiger partial charge on any atom is -0.301 e. The minimum atomic E-state index is 0.00478. The number of aromatic nitrogens is 2. The third-order valence-electron chi connectivity index (χ3n) is 3.62. The van der Waals surface area contributed by atoms with Crippen molar-refractivity contribution in [1.29, 1.82) is 0 Å². The number of anilines is 1. The van der Waals surface area contributed by atoms with Gasteiger partial charge < -0.3 is 5.32 Å². The summed E-state index contributed by atoms with van der Waals surface area (Å²) in [4.78, 5) is 11.9. The number of benzene rings is 1. The Balaban J connectivity index is 1.49. The van der Waals surface area contributed by atoms with E-state index in [4.69, 9.17) is 0 Å². The fraction of sp³-hybridized carbons (Fsp3) is 0.400. The van der Waals surface area contributed by atoms with Crippen LogP contribution in [-0.2, 0) is 11.2 Å². The van der Waals surface area contributed by atoms with Crippen LogP contribution in [0.25, 0.3) is 0 Å². The smallest absolute Gasteiger partial charge is 0.226 e. The van der Waals surface area contributed by atoms with Gasteiger partial charge in [0.2, 0.25) is 11.0 Å². The van der Waals surface area contributed by atoms with Gasteiger partial charge in [0.15, 0.2) is 0 Å². The lowest BCUT2D eigenvalue weighted by molar-refractivity contribution is -0.116. The number of carbonyl (C=O) groups excluding carboxylic acids is 1. The third kappa shape index (κ3) is 3.22. The second-order valence-corrected chi connectivity index (χ2v) is 6.12. The zero-order valence-corrected chi connectivity index (χ0v) is 12.0. The molecule has 1 heterocycles. The Labute approximate surface area is 122 Å². The van der Waals surface area contributed by atoms with Gasteiger partial charge in [-0.15, -0.1) is 10.2 Å². The maximum absolute atomic E-state index is 11.9. The first kappa shape index (κ1) is 13.2. The van der Waals surface area contributed by atoms with Crippen LogP contribution in [0, 0.1) is 0 Å². The molecular formula is C15H17N3OS. The molecule has 1 N–H and O–H groups in total. The molecule has 0 saturated heterocycles. The van der Waals surface area contributed by atoms with Gasteiger partial charge in [-0.2, -0.15) is 0 Å². The Hall–Kier alpha value is -1.75. The van der Waals surface area contributed by atoms with Crippen molar-refractivity contribution in [3.63, 3.8) is 0 Å². The van der Waals surface area contributed by atoms with Gasteiger partial charge in [-0.05, 0) is 24.8 Å². The molecule has 0 bridgehead atoms. The number of aryl methyl sites for hydroxylation is 1. The summed E-state index contributed by atoms with van der Waals surface area (Å²) in [5.74, 6) is 0.577. The molecule has 2 aromatic rings. The van der Waals surface area contributed by atoms with Crippen molar-refractivity contribution >= 4 is 22.4 Å². The van der Waals surface area contributed by atoms with E-state index in [0.717, 1.165) is 11.4 Å². The molecule has 1 amide bonds. The topological polar surface area (TPSA) is 54.9 Å². The number of hydrogen-bond acceptors (Lipinski definition) is 4. The van der Waals surface area contributed by atoms with Crippen molar-refractivity contribution in [2.45, 2.75) is 38.0 Å². The fourth-order valence-corrected chi connectivity index (χ4v) is 3.12. The van der Waals surface area contributed by atoms with E-state index < -0.39 is 0 Å². The van der Waals surface area contributed by atoms with Crippen LogP contribution < -0.4 is 5.32 Å². The molecule has 4 nitrogen and oxygen atoms in total. The van der Waals surface area contributed by atoms with E-state index in [1.165, 1.54) is 36.2 Å². The van der Waals surface area contributed by atoms with Crippen molar-refractivity contribution in [1.82, 2.24) is 10.2 Å².